The Hall–Kier alpha value is -3.33. The van der Waals surface area contributed by atoms with Crippen molar-refractivity contribution in [3.8, 4) is 17.4 Å². The molecule has 31 heavy (non-hydrogen) atoms. The SMILES string of the molecule is CCCOc1ccc(CN=Cc2c(O)[nH]c(=O)c3ccc(Br)cc23)cc1OC(=O)OC. The number of halogens is 1. The minimum Gasteiger partial charge on any atom is -0.494 e. The van der Waals surface area contributed by atoms with E-state index in [0.717, 1.165) is 16.5 Å². The molecule has 1 heterocycles. The fraction of sp³-hybridized carbons (Fsp3) is 0.227. The van der Waals surface area contributed by atoms with Crippen LogP contribution >= 0.6 is 15.9 Å². The molecule has 2 aromatic carbocycles. The Labute approximate surface area is 186 Å². The van der Waals surface area contributed by atoms with E-state index in [1.54, 1.807) is 36.4 Å². The van der Waals surface area contributed by atoms with Gasteiger partial charge in [-0.25, -0.2) is 4.79 Å². The van der Waals surface area contributed by atoms with Gasteiger partial charge in [-0.15, -0.1) is 0 Å². The number of H-pyrrole nitrogens is 1. The highest BCUT2D eigenvalue weighted by molar-refractivity contribution is 9.10. The van der Waals surface area contributed by atoms with Crippen molar-refractivity contribution in [1.29, 1.82) is 0 Å². The van der Waals surface area contributed by atoms with Crippen LogP contribution in [-0.2, 0) is 11.3 Å². The quantitative estimate of drug-likeness (QED) is 0.286. The summed E-state index contributed by atoms with van der Waals surface area (Å²) >= 11 is 3.38. The van der Waals surface area contributed by atoms with Gasteiger partial charge in [-0.1, -0.05) is 28.9 Å². The summed E-state index contributed by atoms with van der Waals surface area (Å²) in [5.74, 6) is 0.390. The van der Waals surface area contributed by atoms with Crippen LogP contribution in [0, 0.1) is 0 Å². The van der Waals surface area contributed by atoms with Crippen molar-refractivity contribution in [1.82, 2.24) is 4.98 Å². The van der Waals surface area contributed by atoms with Crippen LogP contribution in [0.15, 0.2) is 50.7 Å². The zero-order valence-electron chi connectivity index (χ0n) is 17.0. The largest absolute Gasteiger partial charge is 0.513 e. The second-order valence-electron chi connectivity index (χ2n) is 6.56. The molecule has 1 aromatic heterocycles. The van der Waals surface area contributed by atoms with Crippen LogP contribution in [0.3, 0.4) is 0 Å². The summed E-state index contributed by atoms with van der Waals surface area (Å²) in [6, 6.07) is 10.3. The number of aromatic amines is 1. The number of aliphatic imine (C=N–C) groups is 1. The molecule has 9 heteroatoms. The Morgan fingerprint density at radius 2 is 2.00 bits per heavy atom. The van der Waals surface area contributed by atoms with E-state index in [2.05, 4.69) is 30.6 Å². The summed E-state index contributed by atoms with van der Waals surface area (Å²) in [5, 5.41) is 11.2. The molecule has 0 saturated carbocycles. The van der Waals surface area contributed by atoms with Gasteiger partial charge < -0.3 is 19.3 Å². The predicted molar refractivity (Wildman–Crippen MR) is 120 cm³/mol. The number of hydrogen-bond donors (Lipinski definition) is 2. The van der Waals surface area contributed by atoms with Crippen molar-refractivity contribution in [2.24, 2.45) is 4.99 Å². The summed E-state index contributed by atoms with van der Waals surface area (Å²) in [5.41, 5.74) is 0.752. The van der Waals surface area contributed by atoms with E-state index in [9.17, 15) is 14.7 Å². The van der Waals surface area contributed by atoms with Crippen molar-refractivity contribution in [2.45, 2.75) is 19.9 Å². The number of nitrogens with zero attached hydrogens (tertiary/aromatic N) is 1. The Bertz CT molecular complexity index is 1190. The number of carbonyl (C=O) groups is 1. The molecule has 8 nitrogen and oxygen atoms in total. The van der Waals surface area contributed by atoms with E-state index in [1.807, 2.05) is 6.92 Å². The summed E-state index contributed by atoms with van der Waals surface area (Å²) in [6.45, 7) is 2.68. The maximum Gasteiger partial charge on any atom is 0.513 e. The molecule has 0 saturated heterocycles. The number of rotatable bonds is 7. The van der Waals surface area contributed by atoms with Crippen LogP contribution < -0.4 is 15.0 Å². The number of aromatic nitrogens is 1. The van der Waals surface area contributed by atoms with Gasteiger partial charge in [-0.05, 0) is 42.3 Å². The molecule has 3 rings (SSSR count). The van der Waals surface area contributed by atoms with Gasteiger partial charge >= 0.3 is 6.16 Å². The zero-order valence-corrected chi connectivity index (χ0v) is 18.6. The highest BCUT2D eigenvalue weighted by atomic mass is 79.9. The first kappa shape index (κ1) is 22.4. The van der Waals surface area contributed by atoms with Crippen LogP contribution in [-0.4, -0.2) is 36.2 Å². The summed E-state index contributed by atoms with van der Waals surface area (Å²) in [7, 11) is 1.22. The molecule has 0 radical (unpaired) electrons. The number of carbonyl (C=O) groups excluding carboxylic acids is 1. The van der Waals surface area contributed by atoms with E-state index in [0.29, 0.717) is 28.7 Å². The van der Waals surface area contributed by atoms with Gasteiger partial charge in [0.2, 0.25) is 5.88 Å². The molecule has 2 N–H and O–H groups in total. The van der Waals surface area contributed by atoms with Crippen LogP contribution in [0.1, 0.15) is 24.5 Å². The van der Waals surface area contributed by atoms with Crippen LogP contribution in [0.25, 0.3) is 10.8 Å². The van der Waals surface area contributed by atoms with Gasteiger partial charge in [-0.3, -0.25) is 14.8 Å². The van der Waals surface area contributed by atoms with E-state index >= 15 is 0 Å². The number of ether oxygens (including phenoxy) is 3. The fourth-order valence-corrected chi connectivity index (χ4v) is 3.23. The minimum absolute atomic E-state index is 0.231. The minimum atomic E-state index is -0.850. The van der Waals surface area contributed by atoms with Gasteiger partial charge in [0.05, 0.1) is 25.8 Å². The van der Waals surface area contributed by atoms with E-state index in [4.69, 9.17) is 9.47 Å². The highest BCUT2D eigenvalue weighted by Crippen LogP contribution is 2.30. The maximum atomic E-state index is 12.1. The topological polar surface area (TPSA) is 110 Å². The van der Waals surface area contributed by atoms with Crippen molar-refractivity contribution in [3.63, 3.8) is 0 Å². The average Bonchev–Trinajstić information content (AvgIpc) is 2.75. The second kappa shape index (κ2) is 10.1. The second-order valence-corrected chi connectivity index (χ2v) is 7.48. The molecule has 0 spiro atoms. The molecule has 0 aliphatic carbocycles. The van der Waals surface area contributed by atoms with Crippen molar-refractivity contribution < 1.29 is 24.1 Å². The third-order valence-electron chi connectivity index (χ3n) is 4.33. The fourth-order valence-electron chi connectivity index (χ4n) is 2.87. The van der Waals surface area contributed by atoms with Crippen molar-refractivity contribution in [3.05, 3.63) is 62.4 Å². The Kier molecular flexibility index (Phi) is 7.30. The number of pyridine rings is 1. The van der Waals surface area contributed by atoms with Crippen LogP contribution in [0.2, 0.25) is 0 Å². The highest BCUT2D eigenvalue weighted by Gasteiger charge is 2.13. The molecule has 0 amide bonds. The van der Waals surface area contributed by atoms with Gasteiger partial charge in [0.15, 0.2) is 11.5 Å². The molecule has 162 valence electrons. The average molecular weight is 489 g/mol. The van der Waals surface area contributed by atoms with Gasteiger partial charge in [0.25, 0.3) is 5.56 Å². The molecule has 0 fully saturated rings. The predicted octanol–water partition coefficient (Wildman–Crippen LogP) is 4.55. The molecule has 3 aromatic rings. The third-order valence-corrected chi connectivity index (χ3v) is 4.82. The molecule has 0 aliphatic rings. The zero-order chi connectivity index (χ0) is 22.4. The standard InChI is InChI=1S/C22H21BrN2O6/c1-3-8-30-18-7-4-13(9-19(18)31-22(28)29-2)11-24-12-17-16-10-14(23)5-6-15(16)20(26)25-21(17)27/h4-7,9-10,12H,3,8,11H2,1-2H3,(H2,25,26,27). The molecular weight excluding hydrogens is 468 g/mol. The molecule has 0 unspecified atom stereocenters. The lowest BCUT2D eigenvalue weighted by atomic mass is 10.1. The number of hydrogen-bond acceptors (Lipinski definition) is 7. The molecule has 0 bridgehead atoms. The van der Waals surface area contributed by atoms with E-state index in [-0.39, 0.29) is 23.7 Å². The smallest absolute Gasteiger partial charge is 0.494 e. The summed E-state index contributed by atoms with van der Waals surface area (Å²) < 4.78 is 16.1. The maximum absolute atomic E-state index is 12.1. The lowest BCUT2D eigenvalue weighted by molar-refractivity contribution is 0.119. The molecular formula is C22H21BrN2O6. The normalized spacial score (nSPS) is 11.1. The lowest BCUT2D eigenvalue weighted by Gasteiger charge is -2.11. The van der Waals surface area contributed by atoms with Crippen LogP contribution in [0.4, 0.5) is 4.79 Å². The first-order valence-electron chi connectivity index (χ1n) is 9.48. The molecule has 0 aliphatic heterocycles. The number of aromatic hydroxyl groups is 1. The Morgan fingerprint density at radius 1 is 1.19 bits per heavy atom. The summed E-state index contributed by atoms with van der Waals surface area (Å²) in [4.78, 5) is 30.4. The Balaban J connectivity index is 1.88. The Morgan fingerprint density at radius 3 is 2.74 bits per heavy atom. The van der Waals surface area contributed by atoms with Crippen molar-refractivity contribution in [2.75, 3.05) is 13.7 Å². The first-order chi connectivity index (χ1) is 14.9. The number of nitrogens with one attached hydrogen (secondary N) is 1. The monoisotopic (exact) mass is 488 g/mol. The van der Waals surface area contributed by atoms with E-state index in [1.165, 1.54) is 13.3 Å². The van der Waals surface area contributed by atoms with Crippen molar-refractivity contribution >= 4 is 39.1 Å². The number of fused-ring (bicyclic) bond motifs is 1. The van der Waals surface area contributed by atoms with Gasteiger partial charge in [0, 0.05) is 21.5 Å². The van der Waals surface area contributed by atoms with Gasteiger partial charge in [0.1, 0.15) is 0 Å². The third kappa shape index (κ3) is 5.43. The first-order valence-corrected chi connectivity index (χ1v) is 10.3. The number of methoxy groups -OCH3 is 1. The van der Waals surface area contributed by atoms with Gasteiger partial charge in [-0.2, -0.15) is 0 Å². The lowest BCUT2D eigenvalue weighted by Crippen LogP contribution is -2.09. The number of benzene rings is 2. The molecule has 0 atom stereocenters. The summed E-state index contributed by atoms with van der Waals surface area (Å²) in [6.07, 6.45) is 1.44. The van der Waals surface area contributed by atoms with E-state index < -0.39 is 6.16 Å². The van der Waals surface area contributed by atoms with Crippen LogP contribution in [0.5, 0.6) is 17.4 Å².